The molecule has 6 nitrogen and oxygen atoms in total. The van der Waals surface area contributed by atoms with Crippen LogP contribution < -0.4 is 5.73 Å². The molecule has 0 saturated carbocycles. The standard InChI is InChI=1S/C12H17ClN4O2/c1-3-17(7-8(2)11(14)16-19)12(18)9-4-5-15-6-10(9)13/h4-6,8,19H,3,7H2,1-2H3,(H2,14,16). The van der Waals surface area contributed by atoms with Crippen molar-refractivity contribution >= 4 is 23.3 Å². The Balaban J connectivity index is 2.86. The largest absolute Gasteiger partial charge is 0.409 e. The number of amides is 1. The zero-order chi connectivity index (χ0) is 14.4. The average Bonchev–Trinajstić information content (AvgIpc) is 2.43. The predicted octanol–water partition coefficient (Wildman–Crippen LogP) is 1.58. The van der Waals surface area contributed by atoms with Gasteiger partial charge in [0.25, 0.3) is 5.91 Å². The van der Waals surface area contributed by atoms with Gasteiger partial charge in [-0.3, -0.25) is 9.78 Å². The Hall–Kier alpha value is -1.82. The fourth-order valence-corrected chi connectivity index (χ4v) is 1.80. The van der Waals surface area contributed by atoms with Crippen molar-refractivity contribution in [2.75, 3.05) is 13.1 Å². The van der Waals surface area contributed by atoms with Gasteiger partial charge in [0.15, 0.2) is 0 Å². The molecule has 0 radical (unpaired) electrons. The number of hydrogen-bond acceptors (Lipinski definition) is 4. The van der Waals surface area contributed by atoms with Crippen molar-refractivity contribution < 1.29 is 10.0 Å². The molecule has 0 aliphatic carbocycles. The molecule has 1 atom stereocenters. The smallest absolute Gasteiger partial charge is 0.255 e. The molecule has 7 heteroatoms. The topological polar surface area (TPSA) is 91.8 Å². The molecule has 19 heavy (non-hydrogen) atoms. The van der Waals surface area contributed by atoms with Crippen LogP contribution in [0.5, 0.6) is 0 Å². The van der Waals surface area contributed by atoms with E-state index < -0.39 is 0 Å². The molecule has 0 aromatic carbocycles. The second-order valence-electron chi connectivity index (χ2n) is 4.13. The number of halogens is 1. The van der Waals surface area contributed by atoms with Crippen LogP contribution in [0.1, 0.15) is 24.2 Å². The van der Waals surface area contributed by atoms with E-state index in [4.69, 9.17) is 22.5 Å². The number of carbonyl (C=O) groups excluding carboxylic acids is 1. The van der Waals surface area contributed by atoms with Crippen LogP contribution in [0.4, 0.5) is 0 Å². The first-order valence-electron chi connectivity index (χ1n) is 5.87. The van der Waals surface area contributed by atoms with Crippen LogP contribution in [0.2, 0.25) is 5.02 Å². The number of pyridine rings is 1. The number of carbonyl (C=O) groups is 1. The Morgan fingerprint density at radius 3 is 2.89 bits per heavy atom. The zero-order valence-electron chi connectivity index (χ0n) is 10.9. The number of oxime groups is 1. The second kappa shape index (κ2) is 6.94. The number of nitrogens with two attached hydrogens (primary N) is 1. The Labute approximate surface area is 116 Å². The molecule has 1 aromatic heterocycles. The molecule has 104 valence electrons. The van der Waals surface area contributed by atoms with E-state index in [0.717, 1.165) is 0 Å². The van der Waals surface area contributed by atoms with Gasteiger partial charge < -0.3 is 15.8 Å². The highest BCUT2D eigenvalue weighted by molar-refractivity contribution is 6.33. The molecule has 1 unspecified atom stereocenters. The van der Waals surface area contributed by atoms with Gasteiger partial charge in [0.2, 0.25) is 0 Å². The van der Waals surface area contributed by atoms with Gasteiger partial charge in [0, 0.05) is 31.4 Å². The minimum atomic E-state index is -0.241. The molecule has 3 N–H and O–H groups in total. The van der Waals surface area contributed by atoms with Gasteiger partial charge in [-0.15, -0.1) is 0 Å². The average molecular weight is 285 g/mol. The summed E-state index contributed by atoms with van der Waals surface area (Å²) < 4.78 is 0. The number of nitrogens with zero attached hydrogens (tertiary/aromatic N) is 3. The summed E-state index contributed by atoms with van der Waals surface area (Å²) in [7, 11) is 0. The minimum absolute atomic E-state index is 0.0899. The number of hydrogen-bond donors (Lipinski definition) is 2. The summed E-state index contributed by atoms with van der Waals surface area (Å²) in [6, 6.07) is 1.57. The van der Waals surface area contributed by atoms with Crippen molar-refractivity contribution in [1.29, 1.82) is 0 Å². The Kier molecular flexibility index (Phi) is 5.57. The third-order valence-corrected chi connectivity index (χ3v) is 3.09. The van der Waals surface area contributed by atoms with E-state index >= 15 is 0 Å². The summed E-state index contributed by atoms with van der Waals surface area (Å²) in [6.45, 7) is 4.48. The molecule has 1 aromatic rings. The van der Waals surface area contributed by atoms with E-state index in [9.17, 15) is 4.79 Å². The van der Waals surface area contributed by atoms with Crippen molar-refractivity contribution in [3.63, 3.8) is 0 Å². The van der Waals surface area contributed by atoms with Gasteiger partial charge in [-0.2, -0.15) is 0 Å². The molecule has 1 amide bonds. The first kappa shape index (κ1) is 15.2. The predicted molar refractivity (Wildman–Crippen MR) is 73.4 cm³/mol. The lowest BCUT2D eigenvalue weighted by molar-refractivity contribution is 0.0754. The van der Waals surface area contributed by atoms with E-state index in [-0.39, 0.29) is 17.7 Å². The molecule has 0 fully saturated rings. The highest BCUT2D eigenvalue weighted by Gasteiger charge is 2.20. The highest BCUT2D eigenvalue weighted by Crippen LogP contribution is 2.16. The Morgan fingerprint density at radius 1 is 1.68 bits per heavy atom. The maximum Gasteiger partial charge on any atom is 0.255 e. The zero-order valence-corrected chi connectivity index (χ0v) is 11.6. The third kappa shape index (κ3) is 3.82. The molecule has 1 rings (SSSR count). The fourth-order valence-electron chi connectivity index (χ4n) is 1.60. The third-order valence-electron chi connectivity index (χ3n) is 2.79. The van der Waals surface area contributed by atoms with Crippen LogP contribution in [0.15, 0.2) is 23.6 Å². The number of rotatable bonds is 5. The van der Waals surface area contributed by atoms with Crippen molar-refractivity contribution in [2.24, 2.45) is 16.8 Å². The molecule has 0 spiro atoms. The molecule has 0 saturated heterocycles. The molecule has 0 aliphatic rings. The molecule has 0 aliphatic heterocycles. The van der Waals surface area contributed by atoms with Crippen LogP contribution in [0.3, 0.4) is 0 Å². The monoisotopic (exact) mass is 284 g/mol. The van der Waals surface area contributed by atoms with Gasteiger partial charge in [0.05, 0.1) is 10.6 Å². The van der Waals surface area contributed by atoms with Crippen molar-refractivity contribution in [3.8, 4) is 0 Å². The van der Waals surface area contributed by atoms with Crippen LogP contribution in [0, 0.1) is 5.92 Å². The summed E-state index contributed by atoms with van der Waals surface area (Å²) in [5.41, 5.74) is 5.91. The quantitative estimate of drug-likeness (QED) is 0.372. The van der Waals surface area contributed by atoms with Crippen LogP contribution in [0.25, 0.3) is 0 Å². The maximum atomic E-state index is 12.3. The lowest BCUT2D eigenvalue weighted by Gasteiger charge is -2.24. The van der Waals surface area contributed by atoms with Crippen molar-refractivity contribution in [2.45, 2.75) is 13.8 Å². The summed E-state index contributed by atoms with van der Waals surface area (Å²) in [5, 5.41) is 11.9. The minimum Gasteiger partial charge on any atom is -0.409 e. The van der Waals surface area contributed by atoms with E-state index in [1.54, 1.807) is 17.9 Å². The van der Waals surface area contributed by atoms with Crippen molar-refractivity contribution in [1.82, 2.24) is 9.88 Å². The van der Waals surface area contributed by atoms with Crippen LogP contribution >= 0.6 is 11.6 Å². The lowest BCUT2D eigenvalue weighted by atomic mass is 10.1. The fraction of sp³-hybridized carbons (Fsp3) is 0.417. The van der Waals surface area contributed by atoms with Gasteiger partial charge in [-0.1, -0.05) is 23.7 Å². The highest BCUT2D eigenvalue weighted by atomic mass is 35.5. The summed E-state index contributed by atoms with van der Waals surface area (Å²) in [5.74, 6) is -0.353. The lowest BCUT2D eigenvalue weighted by Crippen LogP contribution is -2.38. The molecule has 0 bridgehead atoms. The summed E-state index contributed by atoms with van der Waals surface area (Å²) >= 11 is 5.95. The molecular weight excluding hydrogens is 268 g/mol. The molecular formula is C12H17ClN4O2. The number of aromatic nitrogens is 1. The maximum absolute atomic E-state index is 12.3. The Bertz CT molecular complexity index is 479. The van der Waals surface area contributed by atoms with E-state index in [1.807, 2.05) is 6.92 Å². The van der Waals surface area contributed by atoms with E-state index in [0.29, 0.717) is 23.7 Å². The van der Waals surface area contributed by atoms with Gasteiger partial charge in [-0.05, 0) is 13.0 Å². The Morgan fingerprint density at radius 2 is 2.37 bits per heavy atom. The number of amidine groups is 1. The van der Waals surface area contributed by atoms with Gasteiger partial charge in [-0.25, -0.2) is 0 Å². The summed E-state index contributed by atoms with van der Waals surface area (Å²) in [6.07, 6.45) is 2.94. The summed E-state index contributed by atoms with van der Waals surface area (Å²) in [4.78, 5) is 17.7. The van der Waals surface area contributed by atoms with Crippen molar-refractivity contribution in [3.05, 3.63) is 29.0 Å². The molecule has 1 heterocycles. The van der Waals surface area contributed by atoms with Gasteiger partial charge >= 0.3 is 0 Å². The normalized spacial score (nSPS) is 13.1. The van der Waals surface area contributed by atoms with E-state index in [2.05, 4.69) is 10.1 Å². The first-order valence-corrected chi connectivity index (χ1v) is 6.25. The van der Waals surface area contributed by atoms with Crippen LogP contribution in [-0.2, 0) is 0 Å². The first-order chi connectivity index (χ1) is 9.01. The van der Waals surface area contributed by atoms with Crippen LogP contribution in [-0.4, -0.2) is 39.9 Å². The van der Waals surface area contributed by atoms with E-state index in [1.165, 1.54) is 12.4 Å². The van der Waals surface area contributed by atoms with Gasteiger partial charge in [0.1, 0.15) is 5.84 Å². The second-order valence-corrected chi connectivity index (χ2v) is 4.53. The SMILES string of the molecule is CCN(CC(C)C(N)=NO)C(=O)c1ccncc1Cl.